The summed E-state index contributed by atoms with van der Waals surface area (Å²) < 4.78 is 24.5. The third-order valence-corrected chi connectivity index (χ3v) is 2.24. The van der Waals surface area contributed by atoms with Crippen LogP contribution in [0.1, 0.15) is 5.56 Å². The van der Waals surface area contributed by atoms with E-state index in [2.05, 4.69) is 0 Å². The Morgan fingerprint density at radius 3 is 2.75 bits per heavy atom. The minimum Gasteiger partial charge on any atom is -0.380 e. The highest BCUT2D eigenvalue weighted by atomic mass is 32.2. The van der Waals surface area contributed by atoms with Crippen molar-refractivity contribution >= 4 is 11.1 Å². The Hall–Kier alpha value is -0.710. The van der Waals surface area contributed by atoms with Gasteiger partial charge in [-0.15, -0.1) is 0 Å². The SMILES string of the molecule is COCc1ccccc1S(=O)O. The van der Waals surface area contributed by atoms with Crippen LogP contribution in [0.2, 0.25) is 0 Å². The molecule has 12 heavy (non-hydrogen) atoms. The zero-order chi connectivity index (χ0) is 8.97. The largest absolute Gasteiger partial charge is 0.380 e. The number of methoxy groups -OCH3 is 1. The van der Waals surface area contributed by atoms with Crippen LogP contribution in [0.3, 0.4) is 0 Å². The average molecular weight is 186 g/mol. The second kappa shape index (κ2) is 4.35. The molecule has 1 N–H and O–H groups in total. The Morgan fingerprint density at radius 1 is 1.50 bits per heavy atom. The standard InChI is InChI=1S/C8H10O3S/c1-11-6-7-4-2-3-5-8(7)12(9)10/h2-5H,6H2,1H3,(H,9,10). The van der Waals surface area contributed by atoms with E-state index in [-0.39, 0.29) is 0 Å². The fourth-order valence-corrected chi connectivity index (χ4v) is 1.50. The number of hydrogen-bond acceptors (Lipinski definition) is 2. The molecule has 66 valence electrons. The fourth-order valence-electron chi connectivity index (χ4n) is 0.949. The van der Waals surface area contributed by atoms with Gasteiger partial charge in [-0.05, 0) is 11.6 Å². The van der Waals surface area contributed by atoms with E-state index in [1.165, 1.54) is 0 Å². The summed E-state index contributed by atoms with van der Waals surface area (Å²) in [5.74, 6) is 0. The Kier molecular flexibility index (Phi) is 3.40. The maximum Gasteiger partial charge on any atom is 0.186 e. The highest BCUT2D eigenvalue weighted by Crippen LogP contribution is 2.12. The predicted molar refractivity (Wildman–Crippen MR) is 46.2 cm³/mol. The van der Waals surface area contributed by atoms with Crippen molar-refractivity contribution in [3.8, 4) is 0 Å². The molecule has 0 aliphatic heterocycles. The summed E-state index contributed by atoms with van der Waals surface area (Å²) in [5.41, 5.74) is 0.751. The predicted octanol–water partition coefficient (Wildman–Crippen LogP) is 1.41. The van der Waals surface area contributed by atoms with Crippen LogP contribution in [0.15, 0.2) is 29.2 Å². The van der Waals surface area contributed by atoms with Crippen LogP contribution in [0.5, 0.6) is 0 Å². The van der Waals surface area contributed by atoms with Gasteiger partial charge in [0.05, 0.1) is 11.5 Å². The van der Waals surface area contributed by atoms with Crippen LogP contribution in [0.25, 0.3) is 0 Å². The van der Waals surface area contributed by atoms with Crippen molar-refractivity contribution in [3.05, 3.63) is 29.8 Å². The summed E-state index contributed by atoms with van der Waals surface area (Å²) in [6.45, 7) is 0.364. The number of ether oxygens (including phenoxy) is 1. The average Bonchev–Trinajstić information content (AvgIpc) is 2.05. The van der Waals surface area contributed by atoms with Crippen LogP contribution < -0.4 is 0 Å². The number of hydrogen-bond donors (Lipinski definition) is 1. The monoisotopic (exact) mass is 186 g/mol. The van der Waals surface area contributed by atoms with Gasteiger partial charge in [-0.1, -0.05) is 18.2 Å². The van der Waals surface area contributed by atoms with E-state index in [0.29, 0.717) is 11.5 Å². The molecule has 0 aliphatic rings. The fraction of sp³-hybridized carbons (Fsp3) is 0.250. The molecule has 0 fully saturated rings. The van der Waals surface area contributed by atoms with Crippen molar-refractivity contribution < 1.29 is 13.5 Å². The van der Waals surface area contributed by atoms with Gasteiger partial charge in [0.15, 0.2) is 11.1 Å². The molecule has 0 saturated carbocycles. The van der Waals surface area contributed by atoms with Gasteiger partial charge in [-0.3, -0.25) is 0 Å². The van der Waals surface area contributed by atoms with Crippen molar-refractivity contribution in [2.75, 3.05) is 7.11 Å². The van der Waals surface area contributed by atoms with Gasteiger partial charge in [0, 0.05) is 7.11 Å². The van der Waals surface area contributed by atoms with Gasteiger partial charge in [-0.25, -0.2) is 4.21 Å². The van der Waals surface area contributed by atoms with E-state index in [1.54, 1.807) is 25.3 Å². The van der Waals surface area contributed by atoms with Crippen LogP contribution in [0, 0.1) is 0 Å². The molecule has 0 saturated heterocycles. The van der Waals surface area contributed by atoms with Crippen molar-refractivity contribution in [2.24, 2.45) is 0 Å². The van der Waals surface area contributed by atoms with E-state index in [1.807, 2.05) is 6.07 Å². The molecule has 1 atom stereocenters. The first-order valence-electron chi connectivity index (χ1n) is 3.43. The molecule has 0 bridgehead atoms. The van der Waals surface area contributed by atoms with Gasteiger partial charge < -0.3 is 9.29 Å². The summed E-state index contributed by atoms with van der Waals surface area (Å²) in [5, 5.41) is 0. The van der Waals surface area contributed by atoms with E-state index in [0.717, 1.165) is 5.56 Å². The first kappa shape index (κ1) is 9.38. The molecule has 1 aromatic carbocycles. The van der Waals surface area contributed by atoms with Crippen LogP contribution in [-0.4, -0.2) is 15.9 Å². The minimum atomic E-state index is -1.92. The van der Waals surface area contributed by atoms with E-state index < -0.39 is 11.1 Å². The van der Waals surface area contributed by atoms with Crippen LogP contribution in [-0.2, 0) is 22.4 Å². The minimum absolute atomic E-state index is 0.364. The van der Waals surface area contributed by atoms with Gasteiger partial charge in [-0.2, -0.15) is 0 Å². The van der Waals surface area contributed by atoms with Gasteiger partial charge in [0.1, 0.15) is 0 Å². The molecule has 1 rings (SSSR count). The Bertz CT molecular complexity index is 285. The lowest BCUT2D eigenvalue weighted by atomic mass is 10.2. The zero-order valence-electron chi connectivity index (χ0n) is 6.69. The highest BCUT2D eigenvalue weighted by molar-refractivity contribution is 7.79. The molecule has 0 heterocycles. The first-order valence-corrected chi connectivity index (χ1v) is 4.54. The second-order valence-electron chi connectivity index (χ2n) is 2.29. The molecular formula is C8H10O3S. The molecule has 0 radical (unpaired) electrons. The third kappa shape index (κ3) is 2.14. The smallest absolute Gasteiger partial charge is 0.186 e. The molecule has 4 heteroatoms. The van der Waals surface area contributed by atoms with Crippen molar-refractivity contribution in [3.63, 3.8) is 0 Å². The summed E-state index contributed by atoms with van der Waals surface area (Å²) in [6.07, 6.45) is 0. The molecular weight excluding hydrogens is 176 g/mol. The molecule has 1 unspecified atom stereocenters. The highest BCUT2D eigenvalue weighted by Gasteiger charge is 2.05. The van der Waals surface area contributed by atoms with Crippen LogP contribution >= 0.6 is 0 Å². The molecule has 0 aliphatic carbocycles. The van der Waals surface area contributed by atoms with E-state index in [4.69, 9.17) is 9.29 Å². The van der Waals surface area contributed by atoms with Gasteiger partial charge in [0.25, 0.3) is 0 Å². The van der Waals surface area contributed by atoms with Crippen molar-refractivity contribution in [1.82, 2.24) is 0 Å². The van der Waals surface area contributed by atoms with E-state index >= 15 is 0 Å². The summed E-state index contributed by atoms with van der Waals surface area (Å²) in [6, 6.07) is 6.92. The maximum absolute atomic E-state index is 10.8. The second-order valence-corrected chi connectivity index (χ2v) is 3.23. The summed E-state index contributed by atoms with van der Waals surface area (Å²) >= 11 is -1.92. The number of rotatable bonds is 3. The Balaban J connectivity index is 3.00. The molecule has 0 spiro atoms. The van der Waals surface area contributed by atoms with Gasteiger partial charge >= 0.3 is 0 Å². The Labute approximate surface area is 73.7 Å². The normalized spacial score (nSPS) is 12.8. The molecule has 0 amide bonds. The lowest BCUT2D eigenvalue weighted by Crippen LogP contribution is -1.97. The van der Waals surface area contributed by atoms with Crippen molar-refractivity contribution in [1.29, 1.82) is 0 Å². The summed E-state index contributed by atoms with van der Waals surface area (Å²) in [7, 11) is 1.55. The van der Waals surface area contributed by atoms with Crippen LogP contribution in [0.4, 0.5) is 0 Å². The maximum atomic E-state index is 10.8. The molecule has 0 aromatic heterocycles. The lowest BCUT2D eigenvalue weighted by molar-refractivity contribution is 0.182. The van der Waals surface area contributed by atoms with Gasteiger partial charge in [0.2, 0.25) is 0 Å². The third-order valence-electron chi connectivity index (χ3n) is 1.46. The zero-order valence-corrected chi connectivity index (χ0v) is 7.50. The lowest BCUT2D eigenvalue weighted by Gasteiger charge is -2.03. The van der Waals surface area contributed by atoms with E-state index in [9.17, 15) is 4.21 Å². The Morgan fingerprint density at radius 2 is 2.17 bits per heavy atom. The van der Waals surface area contributed by atoms with Crippen molar-refractivity contribution in [2.45, 2.75) is 11.5 Å². The number of benzene rings is 1. The summed E-state index contributed by atoms with van der Waals surface area (Å²) in [4.78, 5) is 0.416. The first-order chi connectivity index (χ1) is 5.75. The quantitative estimate of drug-likeness (QED) is 0.726. The topological polar surface area (TPSA) is 46.5 Å². The molecule has 1 aromatic rings. The molecule has 3 nitrogen and oxygen atoms in total.